The van der Waals surface area contributed by atoms with Gasteiger partial charge < -0.3 is 25.5 Å². The van der Waals surface area contributed by atoms with E-state index in [0.29, 0.717) is 17.1 Å². The lowest BCUT2D eigenvalue weighted by Gasteiger charge is -2.51. The van der Waals surface area contributed by atoms with Crippen LogP contribution in [0.25, 0.3) is 0 Å². The standard InChI is InChI=1S/C20H30O5/c1-9-7-19-10(2)5-13-14(18(13,3)4)12(17(19)24)6-11(8-21)16(23)20(19,25)15(9)22/h6-7,10,12-17,21-25H,5,8H2,1-4H3/t10-,12+,13-,14+,15+,16-,17?,19?,20-/m1/s1. The molecule has 0 saturated heterocycles. The van der Waals surface area contributed by atoms with Crippen molar-refractivity contribution in [3.8, 4) is 0 Å². The maximum absolute atomic E-state index is 11.6. The van der Waals surface area contributed by atoms with E-state index in [1.807, 2.05) is 6.92 Å². The minimum atomic E-state index is -1.93. The fraction of sp³-hybridized carbons (Fsp3) is 0.800. The molecule has 0 aliphatic heterocycles. The van der Waals surface area contributed by atoms with Crippen molar-refractivity contribution in [1.29, 1.82) is 0 Å². The van der Waals surface area contributed by atoms with Crippen LogP contribution in [0.2, 0.25) is 0 Å². The quantitative estimate of drug-likeness (QED) is 0.446. The summed E-state index contributed by atoms with van der Waals surface area (Å²) in [7, 11) is 0. The van der Waals surface area contributed by atoms with Gasteiger partial charge in [-0.15, -0.1) is 0 Å². The van der Waals surface area contributed by atoms with Gasteiger partial charge >= 0.3 is 0 Å². The Balaban J connectivity index is 1.98. The molecule has 0 aromatic carbocycles. The first-order chi connectivity index (χ1) is 11.5. The van der Waals surface area contributed by atoms with Crippen LogP contribution >= 0.6 is 0 Å². The highest BCUT2D eigenvalue weighted by atomic mass is 16.4. The first-order valence-corrected chi connectivity index (χ1v) is 9.32. The van der Waals surface area contributed by atoms with Crippen LogP contribution in [0.1, 0.15) is 34.1 Å². The lowest BCUT2D eigenvalue weighted by molar-refractivity contribution is -0.215. The molecular weight excluding hydrogens is 320 g/mol. The topological polar surface area (TPSA) is 101 Å². The highest BCUT2D eigenvalue weighted by Gasteiger charge is 2.75. The van der Waals surface area contributed by atoms with Crippen molar-refractivity contribution < 1.29 is 25.5 Å². The van der Waals surface area contributed by atoms with Crippen LogP contribution in [0.5, 0.6) is 0 Å². The summed E-state index contributed by atoms with van der Waals surface area (Å²) in [5, 5.41) is 54.7. The van der Waals surface area contributed by atoms with E-state index in [1.54, 1.807) is 19.1 Å². The molecule has 2 unspecified atom stereocenters. The number of hydrogen-bond donors (Lipinski definition) is 5. The van der Waals surface area contributed by atoms with Gasteiger partial charge in [0.25, 0.3) is 0 Å². The highest BCUT2D eigenvalue weighted by molar-refractivity contribution is 5.42. The third-order valence-electron chi connectivity index (χ3n) is 8.20. The first kappa shape index (κ1) is 17.7. The van der Waals surface area contributed by atoms with E-state index in [1.165, 1.54) is 0 Å². The molecule has 4 aliphatic carbocycles. The zero-order chi connectivity index (χ0) is 18.5. The summed E-state index contributed by atoms with van der Waals surface area (Å²) in [6.07, 6.45) is 0.801. The minimum Gasteiger partial charge on any atom is -0.392 e. The average Bonchev–Trinajstić information content (AvgIpc) is 3.05. The largest absolute Gasteiger partial charge is 0.392 e. The van der Waals surface area contributed by atoms with E-state index in [9.17, 15) is 25.5 Å². The van der Waals surface area contributed by atoms with Gasteiger partial charge in [0.05, 0.1) is 18.1 Å². The molecule has 4 aliphatic rings. The number of aliphatic hydroxyl groups is 5. The Morgan fingerprint density at radius 1 is 1.16 bits per heavy atom. The number of aliphatic hydroxyl groups excluding tert-OH is 4. The molecule has 4 rings (SSSR count). The predicted molar refractivity (Wildman–Crippen MR) is 92.4 cm³/mol. The van der Waals surface area contributed by atoms with Crippen molar-refractivity contribution in [2.24, 2.45) is 34.5 Å². The summed E-state index contributed by atoms with van der Waals surface area (Å²) in [5.41, 5.74) is -2.11. The molecule has 5 N–H and O–H groups in total. The summed E-state index contributed by atoms with van der Waals surface area (Å²) >= 11 is 0. The number of hydrogen-bond acceptors (Lipinski definition) is 5. The third-order valence-corrected chi connectivity index (χ3v) is 8.20. The van der Waals surface area contributed by atoms with Gasteiger partial charge in [-0.1, -0.05) is 32.9 Å². The number of rotatable bonds is 1. The second-order valence-electron chi connectivity index (χ2n) is 9.46. The Labute approximate surface area is 148 Å². The molecule has 140 valence electrons. The molecule has 0 heterocycles. The summed E-state index contributed by atoms with van der Waals surface area (Å²) in [5.74, 6) is 0.292. The maximum atomic E-state index is 11.6. The zero-order valence-electron chi connectivity index (χ0n) is 15.3. The maximum Gasteiger partial charge on any atom is 0.136 e. The molecule has 25 heavy (non-hydrogen) atoms. The van der Waals surface area contributed by atoms with Crippen molar-refractivity contribution in [1.82, 2.24) is 0 Å². The fourth-order valence-electron chi connectivity index (χ4n) is 6.74. The third kappa shape index (κ3) is 1.77. The van der Waals surface area contributed by atoms with Gasteiger partial charge in [0, 0.05) is 5.92 Å². The van der Waals surface area contributed by atoms with Crippen LogP contribution < -0.4 is 0 Å². The molecule has 0 radical (unpaired) electrons. The van der Waals surface area contributed by atoms with Gasteiger partial charge in [-0.2, -0.15) is 0 Å². The molecular formula is C20H30O5. The van der Waals surface area contributed by atoms with Crippen molar-refractivity contribution in [3.63, 3.8) is 0 Å². The highest BCUT2D eigenvalue weighted by Crippen LogP contribution is 2.72. The molecule has 0 aromatic rings. The van der Waals surface area contributed by atoms with Gasteiger partial charge in [-0.05, 0) is 47.7 Å². The number of fused-ring (bicyclic) bond motifs is 3. The second-order valence-corrected chi connectivity index (χ2v) is 9.46. The molecule has 9 atom stereocenters. The van der Waals surface area contributed by atoms with Crippen LogP contribution in [-0.2, 0) is 0 Å². The normalized spacial score (nSPS) is 56.1. The Kier molecular flexibility index (Phi) is 3.51. The molecule has 0 amide bonds. The van der Waals surface area contributed by atoms with Crippen molar-refractivity contribution in [3.05, 3.63) is 23.3 Å². The molecule has 5 heteroatoms. The van der Waals surface area contributed by atoms with Gasteiger partial charge in [0.15, 0.2) is 0 Å². The van der Waals surface area contributed by atoms with Crippen molar-refractivity contribution >= 4 is 0 Å². The van der Waals surface area contributed by atoms with Crippen LogP contribution in [0, 0.1) is 34.5 Å². The van der Waals surface area contributed by atoms with E-state index in [-0.39, 0.29) is 23.2 Å². The van der Waals surface area contributed by atoms with Gasteiger partial charge in [-0.3, -0.25) is 0 Å². The molecule has 1 spiro atoms. The van der Waals surface area contributed by atoms with Gasteiger partial charge in [0.1, 0.15) is 17.8 Å². The molecule has 0 aromatic heterocycles. The monoisotopic (exact) mass is 350 g/mol. The predicted octanol–water partition coefficient (Wildman–Crippen LogP) is 0.607. The lowest BCUT2D eigenvalue weighted by Crippen LogP contribution is -2.66. The van der Waals surface area contributed by atoms with E-state index in [2.05, 4.69) is 13.8 Å². The van der Waals surface area contributed by atoms with E-state index < -0.39 is 35.9 Å². The summed E-state index contributed by atoms with van der Waals surface area (Å²) < 4.78 is 0. The Morgan fingerprint density at radius 2 is 1.80 bits per heavy atom. The smallest absolute Gasteiger partial charge is 0.136 e. The Hall–Kier alpha value is -0.720. The van der Waals surface area contributed by atoms with E-state index in [4.69, 9.17) is 0 Å². The van der Waals surface area contributed by atoms with E-state index in [0.717, 1.165) is 6.42 Å². The molecule has 2 fully saturated rings. The van der Waals surface area contributed by atoms with E-state index >= 15 is 0 Å². The van der Waals surface area contributed by atoms with Gasteiger partial charge in [-0.25, -0.2) is 0 Å². The van der Waals surface area contributed by atoms with Crippen molar-refractivity contribution in [2.45, 2.75) is 58.0 Å². The van der Waals surface area contributed by atoms with Crippen LogP contribution in [0.15, 0.2) is 23.3 Å². The average molecular weight is 350 g/mol. The molecule has 2 bridgehead atoms. The first-order valence-electron chi connectivity index (χ1n) is 9.32. The van der Waals surface area contributed by atoms with Crippen LogP contribution in [0.4, 0.5) is 0 Å². The SMILES string of the molecule is CC1=CC23C(O)[C@@H](C=C(CO)[C@@H](O)[C@]2(O)[C@H]1O)[C@H]1[C@@H](C[C@H]3C)C1(C)C. The Morgan fingerprint density at radius 3 is 2.40 bits per heavy atom. The summed E-state index contributed by atoms with van der Waals surface area (Å²) in [6.45, 7) is 7.72. The van der Waals surface area contributed by atoms with Gasteiger partial charge in [0.2, 0.25) is 0 Å². The van der Waals surface area contributed by atoms with Crippen molar-refractivity contribution in [2.75, 3.05) is 6.61 Å². The minimum absolute atomic E-state index is 0.0853. The Bertz CT molecular complexity index is 667. The van der Waals surface area contributed by atoms with Crippen LogP contribution in [0.3, 0.4) is 0 Å². The lowest BCUT2D eigenvalue weighted by atomic mass is 9.58. The zero-order valence-corrected chi connectivity index (χ0v) is 15.3. The molecule has 2 saturated carbocycles. The van der Waals surface area contributed by atoms with Crippen LogP contribution in [-0.4, -0.2) is 56.1 Å². The second kappa shape index (κ2) is 4.96. The fourth-order valence-corrected chi connectivity index (χ4v) is 6.74. The summed E-state index contributed by atoms with van der Waals surface area (Å²) in [4.78, 5) is 0. The summed E-state index contributed by atoms with van der Waals surface area (Å²) in [6, 6.07) is 0. The molecule has 5 nitrogen and oxygen atoms in total.